The highest BCUT2D eigenvalue weighted by molar-refractivity contribution is 5.82. The highest BCUT2D eigenvalue weighted by Gasteiger charge is 2.31. The van der Waals surface area contributed by atoms with E-state index in [9.17, 15) is 9.59 Å². The Balaban J connectivity index is 1.82. The molecule has 1 aliphatic heterocycles. The maximum absolute atomic E-state index is 12.0. The molecular formula is C12H18N4O4. The lowest BCUT2D eigenvalue weighted by atomic mass is 10.0. The van der Waals surface area contributed by atoms with Crippen molar-refractivity contribution in [2.45, 2.75) is 38.6 Å². The van der Waals surface area contributed by atoms with Crippen molar-refractivity contribution in [1.29, 1.82) is 0 Å². The molecule has 20 heavy (non-hydrogen) atoms. The standard InChI is InChI=1S/C12H18N4O4/c1-8-14-10(20-15-8)5-6-13-12(19)16-7-3-2-4-9(16)11(17)18/h9H,2-7H2,1H3,(H,13,19)(H,17,18). The van der Waals surface area contributed by atoms with Crippen LogP contribution in [0.1, 0.15) is 31.0 Å². The third-order valence-electron chi connectivity index (χ3n) is 3.23. The number of aromatic nitrogens is 2. The average molecular weight is 282 g/mol. The Morgan fingerprint density at radius 1 is 1.50 bits per heavy atom. The van der Waals surface area contributed by atoms with Crippen molar-refractivity contribution in [3.63, 3.8) is 0 Å². The van der Waals surface area contributed by atoms with E-state index in [1.807, 2.05) is 0 Å². The van der Waals surface area contributed by atoms with Gasteiger partial charge in [-0.1, -0.05) is 5.16 Å². The number of carbonyl (C=O) groups is 2. The molecule has 0 aliphatic carbocycles. The van der Waals surface area contributed by atoms with Gasteiger partial charge in [-0.2, -0.15) is 4.98 Å². The first-order chi connectivity index (χ1) is 9.58. The number of carboxylic acids is 1. The van der Waals surface area contributed by atoms with Gasteiger partial charge in [-0.25, -0.2) is 9.59 Å². The van der Waals surface area contributed by atoms with Gasteiger partial charge in [0, 0.05) is 19.5 Å². The molecule has 1 fully saturated rings. The second-order valence-electron chi connectivity index (χ2n) is 4.76. The van der Waals surface area contributed by atoms with Crippen LogP contribution in [0.3, 0.4) is 0 Å². The number of aliphatic carboxylic acids is 1. The van der Waals surface area contributed by atoms with Crippen LogP contribution in [0, 0.1) is 6.92 Å². The fraction of sp³-hybridized carbons (Fsp3) is 0.667. The van der Waals surface area contributed by atoms with Crippen LogP contribution in [-0.4, -0.2) is 51.3 Å². The predicted octanol–water partition coefficient (Wildman–Crippen LogP) is 0.569. The van der Waals surface area contributed by atoms with E-state index in [1.165, 1.54) is 4.90 Å². The van der Waals surface area contributed by atoms with Crippen molar-refractivity contribution < 1.29 is 19.2 Å². The number of carboxylic acid groups (broad SMARTS) is 1. The lowest BCUT2D eigenvalue weighted by Gasteiger charge is -2.32. The number of piperidine rings is 1. The van der Waals surface area contributed by atoms with Crippen LogP contribution in [0.4, 0.5) is 4.79 Å². The van der Waals surface area contributed by atoms with Gasteiger partial charge >= 0.3 is 12.0 Å². The number of nitrogens with one attached hydrogen (secondary N) is 1. The van der Waals surface area contributed by atoms with Crippen molar-refractivity contribution in [2.24, 2.45) is 0 Å². The first-order valence-corrected chi connectivity index (χ1v) is 6.64. The highest BCUT2D eigenvalue weighted by Crippen LogP contribution is 2.17. The van der Waals surface area contributed by atoms with Crippen LogP contribution in [0.5, 0.6) is 0 Å². The molecule has 0 aromatic carbocycles. The molecule has 2 amide bonds. The lowest BCUT2D eigenvalue weighted by Crippen LogP contribution is -2.52. The number of nitrogens with zero attached hydrogens (tertiary/aromatic N) is 3. The first-order valence-electron chi connectivity index (χ1n) is 6.64. The van der Waals surface area contributed by atoms with Gasteiger partial charge in [0.15, 0.2) is 5.82 Å². The van der Waals surface area contributed by atoms with Crippen LogP contribution >= 0.6 is 0 Å². The summed E-state index contributed by atoms with van der Waals surface area (Å²) in [5, 5.41) is 15.5. The molecule has 1 aliphatic rings. The highest BCUT2D eigenvalue weighted by atomic mass is 16.5. The Morgan fingerprint density at radius 2 is 2.30 bits per heavy atom. The van der Waals surface area contributed by atoms with E-state index >= 15 is 0 Å². The van der Waals surface area contributed by atoms with Crippen molar-refractivity contribution >= 4 is 12.0 Å². The summed E-state index contributed by atoms with van der Waals surface area (Å²) < 4.78 is 4.93. The number of amides is 2. The van der Waals surface area contributed by atoms with Gasteiger partial charge < -0.3 is 19.8 Å². The van der Waals surface area contributed by atoms with Crippen LogP contribution in [-0.2, 0) is 11.2 Å². The molecule has 1 unspecified atom stereocenters. The van der Waals surface area contributed by atoms with Gasteiger partial charge in [0.05, 0.1) is 0 Å². The van der Waals surface area contributed by atoms with E-state index in [-0.39, 0.29) is 6.03 Å². The van der Waals surface area contributed by atoms with Crippen LogP contribution < -0.4 is 5.32 Å². The summed E-state index contributed by atoms with van der Waals surface area (Å²) in [6.07, 6.45) is 2.60. The van der Waals surface area contributed by atoms with Gasteiger partial charge in [0.25, 0.3) is 0 Å². The van der Waals surface area contributed by atoms with Gasteiger partial charge in [-0.3, -0.25) is 0 Å². The van der Waals surface area contributed by atoms with Crippen molar-refractivity contribution in [3.8, 4) is 0 Å². The molecule has 8 heteroatoms. The summed E-state index contributed by atoms with van der Waals surface area (Å²) in [7, 11) is 0. The molecule has 0 saturated carbocycles. The molecule has 1 aromatic rings. The Hall–Kier alpha value is -2.12. The number of urea groups is 1. The summed E-state index contributed by atoms with van der Waals surface area (Å²) in [5.41, 5.74) is 0. The maximum Gasteiger partial charge on any atom is 0.326 e. The molecule has 2 rings (SSSR count). The molecule has 8 nitrogen and oxygen atoms in total. The molecule has 0 radical (unpaired) electrons. The zero-order valence-electron chi connectivity index (χ0n) is 11.3. The number of hydrogen-bond acceptors (Lipinski definition) is 5. The molecule has 2 heterocycles. The van der Waals surface area contributed by atoms with Gasteiger partial charge in [-0.05, 0) is 26.2 Å². The molecular weight excluding hydrogens is 264 g/mol. The molecule has 0 spiro atoms. The average Bonchev–Trinajstić information content (AvgIpc) is 2.84. The zero-order valence-corrected chi connectivity index (χ0v) is 11.3. The van der Waals surface area contributed by atoms with E-state index in [0.717, 1.165) is 12.8 Å². The smallest absolute Gasteiger partial charge is 0.326 e. The molecule has 1 saturated heterocycles. The number of carbonyl (C=O) groups excluding carboxylic acids is 1. The quantitative estimate of drug-likeness (QED) is 0.835. The van der Waals surface area contributed by atoms with Crippen LogP contribution in [0.2, 0.25) is 0 Å². The summed E-state index contributed by atoms with van der Waals surface area (Å²) >= 11 is 0. The minimum absolute atomic E-state index is 0.337. The van der Waals surface area contributed by atoms with Crippen LogP contribution in [0.15, 0.2) is 4.52 Å². The normalized spacial score (nSPS) is 18.9. The number of aryl methyl sites for hydroxylation is 1. The van der Waals surface area contributed by atoms with E-state index in [4.69, 9.17) is 9.63 Å². The summed E-state index contributed by atoms with van der Waals surface area (Å²) in [4.78, 5) is 28.5. The van der Waals surface area contributed by atoms with E-state index in [2.05, 4.69) is 15.5 Å². The van der Waals surface area contributed by atoms with Gasteiger partial charge in [-0.15, -0.1) is 0 Å². The van der Waals surface area contributed by atoms with E-state index < -0.39 is 12.0 Å². The monoisotopic (exact) mass is 282 g/mol. The summed E-state index contributed by atoms with van der Waals surface area (Å²) in [5.74, 6) is 0.0527. The maximum atomic E-state index is 12.0. The van der Waals surface area contributed by atoms with Crippen LogP contribution in [0.25, 0.3) is 0 Å². The SMILES string of the molecule is Cc1noc(CCNC(=O)N2CCCCC2C(=O)O)n1. The third kappa shape index (κ3) is 3.46. The predicted molar refractivity (Wildman–Crippen MR) is 68.1 cm³/mol. The van der Waals surface area contributed by atoms with Crippen molar-refractivity contribution in [2.75, 3.05) is 13.1 Å². The van der Waals surface area contributed by atoms with Crippen molar-refractivity contribution in [3.05, 3.63) is 11.7 Å². The fourth-order valence-corrected chi connectivity index (χ4v) is 2.25. The number of hydrogen-bond donors (Lipinski definition) is 2. The van der Waals surface area contributed by atoms with E-state index in [1.54, 1.807) is 6.92 Å². The van der Waals surface area contributed by atoms with Gasteiger partial charge in [0.2, 0.25) is 5.89 Å². The van der Waals surface area contributed by atoms with Crippen molar-refractivity contribution in [1.82, 2.24) is 20.4 Å². The minimum atomic E-state index is -0.952. The molecule has 1 atom stereocenters. The first kappa shape index (κ1) is 14.3. The fourth-order valence-electron chi connectivity index (χ4n) is 2.25. The Bertz CT molecular complexity index is 488. The minimum Gasteiger partial charge on any atom is -0.480 e. The van der Waals surface area contributed by atoms with E-state index in [0.29, 0.717) is 37.6 Å². The summed E-state index contributed by atoms with van der Waals surface area (Å²) in [6, 6.07) is -1.08. The molecule has 110 valence electrons. The Kier molecular flexibility index (Phi) is 4.54. The Morgan fingerprint density at radius 3 is 2.95 bits per heavy atom. The third-order valence-corrected chi connectivity index (χ3v) is 3.23. The molecule has 1 aromatic heterocycles. The second kappa shape index (κ2) is 6.36. The lowest BCUT2D eigenvalue weighted by molar-refractivity contribution is -0.143. The number of rotatable bonds is 4. The summed E-state index contributed by atoms with van der Waals surface area (Å²) in [6.45, 7) is 2.53. The zero-order chi connectivity index (χ0) is 14.5. The second-order valence-corrected chi connectivity index (χ2v) is 4.76. The Labute approximate surface area is 116 Å². The largest absolute Gasteiger partial charge is 0.480 e. The molecule has 0 bridgehead atoms. The number of likely N-dealkylation sites (tertiary alicyclic amines) is 1. The molecule has 2 N–H and O–H groups in total. The van der Waals surface area contributed by atoms with Gasteiger partial charge in [0.1, 0.15) is 6.04 Å². The topological polar surface area (TPSA) is 109 Å².